The highest BCUT2D eigenvalue weighted by Crippen LogP contribution is 2.39. The molecule has 1 fully saturated rings. The number of nitrogens with zero attached hydrogens (tertiary/aromatic N) is 2. The van der Waals surface area contributed by atoms with Crippen LogP contribution in [0.15, 0.2) is 35.2 Å². The number of benzene rings is 1. The van der Waals surface area contributed by atoms with Gasteiger partial charge in [0.25, 0.3) is 0 Å². The SMILES string of the molecule is Cn1nc(C(F)(F)F)cc1NC(=O)C1CC(S(=O)(=O)c2cccc(C(F)(F)F)c2)C1. The smallest absolute Gasteiger partial charge is 0.311 e. The summed E-state index contributed by atoms with van der Waals surface area (Å²) in [5.41, 5.74) is -2.30. The third-order valence-electron chi connectivity index (χ3n) is 4.82. The summed E-state index contributed by atoms with van der Waals surface area (Å²) in [6.07, 6.45) is -9.71. The summed E-state index contributed by atoms with van der Waals surface area (Å²) in [6, 6.07) is 3.97. The molecule has 2 aromatic rings. The molecule has 3 rings (SSSR count). The number of amides is 1. The van der Waals surface area contributed by atoms with Gasteiger partial charge in [0.05, 0.1) is 15.7 Å². The van der Waals surface area contributed by atoms with Gasteiger partial charge in [-0.05, 0) is 31.0 Å². The van der Waals surface area contributed by atoms with Crippen molar-refractivity contribution in [3.63, 3.8) is 0 Å². The monoisotopic (exact) mass is 455 g/mol. The van der Waals surface area contributed by atoms with Crippen molar-refractivity contribution in [2.75, 3.05) is 5.32 Å². The second-order valence-electron chi connectivity index (χ2n) is 6.89. The number of anilines is 1. The van der Waals surface area contributed by atoms with Crippen molar-refractivity contribution in [3.05, 3.63) is 41.6 Å². The number of aromatic nitrogens is 2. The Morgan fingerprint density at radius 2 is 1.73 bits per heavy atom. The fourth-order valence-corrected chi connectivity index (χ4v) is 4.94. The van der Waals surface area contributed by atoms with Gasteiger partial charge in [-0.25, -0.2) is 8.42 Å². The summed E-state index contributed by atoms with van der Waals surface area (Å²) in [5.74, 6) is -1.71. The van der Waals surface area contributed by atoms with Gasteiger partial charge in [0, 0.05) is 19.0 Å². The standard InChI is InChI=1S/C17H15F6N3O3S/c1-26-14(8-13(25-26)17(21,22)23)24-15(27)9-5-12(6-9)30(28,29)11-4-2-3-10(7-11)16(18,19)20/h2-4,7-9,12H,5-6H2,1H3,(H,24,27). The average molecular weight is 455 g/mol. The van der Waals surface area contributed by atoms with Gasteiger partial charge in [0.1, 0.15) is 5.82 Å². The normalized spacial score (nSPS) is 20.0. The number of nitrogens with one attached hydrogen (secondary N) is 1. The predicted molar refractivity (Wildman–Crippen MR) is 92.0 cm³/mol. The lowest BCUT2D eigenvalue weighted by atomic mass is 9.84. The van der Waals surface area contributed by atoms with E-state index in [4.69, 9.17) is 0 Å². The number of alkyl halides is 6. The van der Waals surface area contributed by atoms with Crippen LogP contribution in [-0.4, -0.2) is 29.4 Å². The van der Waals surface area contributed by atoms with Crippen LogP contribution in [0, 0.1) is 5.92 Å². The van der Waals surface area contributed by atoms with Crippen molar-refractivity contribution in [3.8, 4) is 0 Å². The first-order valence-corrected chi connectivity index (χ1v) is 10.1. The van der Waals surface area contributed by atoms with E-state index in [1.807, 2.05) is 0 Å². The maximum absolute atomic E-state index is 12.8. The van der Waals surface area contributed by atoms with Crippen LogP contribution >= 0.6 is 0 Å². The van der Waals surface area contributed by atoms with Crippen molar-refractivity contribution in [2.24, 2.45) is 13.0 Å². The van der Waals surface area contributed by atoms with Crippen LogP contribution in [0.5, 0.6) is 0 Å². The van der Waals surface area contributed by atoms with Crippen LogP contribution in [0.3, 0.4) is 0 Å². The van der Waals surface area contributed by atoms with Crippen LogP contribution < -0.4 is 5.32 Å². The molecule has 0 atom stereocenters. The lowest BCUT2D eigenvalue weighted by Gasteiger charge is -2.33. The zero-order chi connectivity index (χ0) is 22.5. The van der Waals surface area contributed by atoms with Gasteiger partial charge in [-0.2, -0.15) is 31.4 Å². The zero-order valence-electron chi connectivity index (χ0n) is 15.3. The summed E-state index contributed by atoms with van der Waals surface area (Å²) < 4.78 is 102. The van der Waals surface area contributed by atoms with Crippen LogP contribution in [0.25, 0.3) is 0 Å². The molecule has 0 radical (unpaired) electrons. The van der Waals surface area contributed by atoms with Gasteiger partial charge in [-0.3, -0.25) is 9.48 Å². The number of hydrogen-bond donors (Lipinski definition) is 1. The molecule has 1 N–H and O–H groups in total. The Morgan fingerprint density at radius 3 is 2.27 bits per heavy atom. The second kappa shape index (κ2) is 7.29. The van der Waals surface area contributed by atoms with Crippen LogP contribution in [0.4, 0.5) is 32.2 Å². The van der Waals surface area contributed by atoms with Gasteiger partial charge in [-0.1, -0.05) is 6.07 Å². The van der Waals surface area contributed by atoms with Crippen LogP contribution in [0.2, 0.25) is 0 Å². The fraction of sp³-hybridized carbons (Fsp3) is 0.412. The van der Waals surface area contributed by atoms with E-state index in [1.165, 1.54) is 7.05 Å². The van der Waals surface area contributed by atoms with E-state index in [9.17, 15) is 39.6 Å². The first-order chi connectivity index (χ1) is 13.7. The summed E-state index contributed by atoms with van der Waals surface area (Å²) in [4.78, 5) is 11.7. The molecular weight excluding hydrogens is 440 g/mol. The van der Waals surface area contributed by atoms with Gasteiger partial charge < -0.3 is 5.32 Å². The highest BCUT2D eigenvalue weighted by molar-refractivity contribution is 7.92. The van der Waals surface area contributed by atoms with Crippen LogP contribution in [-0.2, 0) is 34.0 Å². The lowest BCUT2D eigenvalue weighted by Crippen LogP contribution is -2.42. The molecule has 1 amide bonds. The molecule has 6 nitrogen and oxygen atoms in total. The van der Waals surface area contributed by atoms with E-state index in [-0.39, 0.29) is 18.7 Å². The minimum Gasteiger partial charge on any atom is -0.311 e. The zero-order valence-corrected chi connectivity index (χ0v) is 16.1. The minimum atomic E-state index is -4.70. The van der Waals surface area contributed by atoms with Gasteiger partial charge in [0.15, 0.2) is 15.5 Å². The number of rotatable bonds is 4. The van der Waals surface area contributed by atoms with Gasteiger partial charge >= 0.3 is 12.4 Å². The Labute approximate surface area is 166 Å². The number of aryl methyl sites for hydroxylation is 1. The Hall–Kier alpha value is -2.57. The molecule has 13 heteroatoms. The third kappa shape index (κ3) is 4.30. The quantitative estimate of drug-likeness (QED) is 0.714. The van der Waals surface area contributed by atoms with Crippen molar-refractivity contribution >= 4 is 21.6 Å². The molecule has 1 heterocycles. The Bertz CT molecular complexity index is 1070. The van der Waals surface area contributed by atoms with Crippen molar-refractivity contribution < 1.29 is 39.6 Å². The Morgan fingerprint density at radius 1 is 1.10 bits per heavy atom. The highest BCUT2D eigenvalue weighted by Gasteiger charge is 2.44. The Balaban J connectivity index is 1.67. The summed E-state index contributed by atoms with van der Waals surface area (Å²) in [7, 11) is -2.89. The molecule has 30 heavy (non-hydrogen) atoms. The second-order valence-corrected chi connectivity index (χ2v) is 9.11. The molecule has 0 spiro atoms. The number of halogens is 6. The molecule has 164 valence electrons. The molecule has 1 aliphatic rings. The predicted octanol–water partition coefficient (Wildman–Crippen LogP) is 3.65. The first kappa shape index (κ1) is 22.1. The molecule has 1 saturated carbocycles. The van der Waals surface area contributed by atoms with Gasteiger partial charge in [-0.15, -0.1) is 0 Å². The highest BCUT2D eigenvalue weighted by atomic mass is 32.2. The fourth-order valence-electron chi connectivity index (χ4n) is 3.03. The summed E-state index contributed by atoms with van der Waals surface area (Å²) in [5, 5.41) is 4.45. The van der Waals surface area contributed by atoms with Crippen molar-refractivity contribution in [2.45, 2.75) is 35.3 Å². The Kier molecular flexibility index (Phi) is 5.37. The van der Waals surface area contributed by atoms with E-state index in [0.717, 1.165) is 22.9 Å². The molecule has 0 unspecified atom stereocenters. The number of carbonyl (C=O) groups is 1. The van der Waals surface area contributed by atoms with Gasteiger partial charge in [0.2, 0.25) is 5.91 Å². The topological polar surface area (TPSA) is 81.1 Å². The molecule has 1 aromatic heterocycles. The number of sulfone groups is 1. The van der Waals surface area contributed by atoms with E-state index < -0.39 is 55.4 Å². The molecule has 1 aromatic carbocycles. The summed E-state index contributed by atoms with van der Waals surface area (Å²) >= 11 is 0. The lowest BCUT2D eigenvalue weighted by molar-refractivity contribution is -0.141. The third-order valence-corrected chi connectivity index (χ3v) is 6.99. The van der Waals surface area contributed by atoms with E-state index in [0.29, 0.717) is 12.1 Å². The summed E-state index contributed by atoms with van der Waals surface area (Å²) in [6.45, 7) is 0. The average Bonchev–Trinajstić information content (AvgIpc) is 2.93. The minimum absolute atomic E-state index is 0.158. The largest absolute Gasteiger partial charge is 0.435 e. The van der Waals surface area contributed by atoms with Crippen LogP contribution in [0.1, 0.15) is 24.1 Å². The first-order valence-electron chi connectivity index (χ1n) is 8.53. The van der Waals surface area contributed by atoms with E-state index >= 15 is 0 Å². The molecular formula is C17H15F6N3O3S. The van der Waals surface area contributed by atoms with Crippen molar-refractivity contribution in [1.29, 1.82) is 0 Å². The maximum atomic E-state index is 12.8. The van der Waals surface area contributed by atoms with Crippen molar-refractivity contribution in [1.82, 2.24) is 9.78 Å². The molecule has 0 aliphatic heterocycles. The molecule has 0 saturated heterocycles. The van der Waals surface area contributed by atoms with E-state index in [1.54, 1.807) is 0 Å². The maximum Gasteiger partial charge on any atom is 0.435 e. The number of carbonyl (C=O) groups excluding carboxylic acids is 1. The molecule has 0 bridgehead atoms. The number of hydrogen-bond acceptors (Lipinski definition) is 4. The molecule has 1 aliphatic carbocycles. The van der Waals surface area contributed by atoms with E-state index in [2.05, 4.69) is 10.4 Å².